The molecule has 0 aliphatic heterocycles. The summed E-state index contributed by atoms with van der Waals surface area (Å²) in [4.78, 5) is 21.1. The number of aromatic nitrogens is 3. The number of amides is 1. The minimum Gasteiger partial charge on any atom is -0.293 e. The molecule has 4 rings (SSSR count). The first kappa shape index (κ1) is 16.7. The number of carbonyl (C=O) groups is 1. The molecule has 0 spiro atoms. The predicted molar refractivity (Wildman–Crippen MR) is 106 cm³/mol. The maximum Gasteiger partial charge on any atom is 0.241 e. The van der Waals surface area contributed by atoms with Crippen molar-refractivity contribution in [2.75, 3.05) is 11.1 Å². The van der Waals surface area contributed by atoms with Crippen molar-refractivity contribution in [2.45, 2.75) is 5.03 Å². The van der Waals surface area contributed by atoms with Crippen LogP contribution in [0.15, 0.2) is 71.8 Å². The topological polar surface area (TPSA) is 67.8 Å². The third-order valence-corrected chi connectivity index (χ3v) is 5.32. The van der Waals surface area contributed by atoms with Gasteiger partial charge in [0.25, 0.3) is 0 Å². The Hall–Kier alpha value is -2.77. The van der Waals surface area contributed by atoms with E-state index in [1.54, 1.807) is 0 Å². The number of thioether (sulfide) groups is 1. The fraction of sp³-hybridized carbons (Fsp3) is 0.0526. The van der Waals surface area contributed by atoms with E-state index in [-0.39, 0.29) is 11.7 Å². The minimum absolute atomic E-state index is 0.151. The van der Waals surface area contributed by atoms with Gasteiger partial charge >= 0.3 is 0 Å². The molecule has 0 aliphatic carbocycles. The largest absolute Gasteiger partial charge is 0.293 e. The Bertz CT molecular complexity index is 1050. The highest BCUT2D eigenvalue weighted by Crippen LogP contribution is 2.23. The summed E-state index contributed by atoms with van der Waals surface area (Å²) >= 11 is 2.66. The van der Waals surface area contributed by atoms with Gasteiger partial charge in [0, 0.05) is 10.9 Å². The van der Waals surface area contributed by atoms with Crippen LogP contribution in [0.5, 0.6) is 0 Å². The van der Waals surface area contributed by atoms with Gasteiger partial charge in [0.15, 0.2) is 0 Å². The van der Waals surface area contributed by atoms with E-state index in [4.69, 9.17) is 0 Å². The quantitative estimate of drug-likeness (QED) is 0.519. The van der Waals surface area contributed by atoms with Crippen LogP contribution in [0, 0.1) is 0 Å². The fourth-order valence-electron chi connectivity index (χ4n) is 2.40. The molecule has 5 nitrogen and oxygen atoms in total. The molecule has 1 N–H and O–H groups in total. The van der Waals surface area contributed by atoms with Gasteiger partial charge in [-0.15, -0.1) is 0 Å². The second-order valence-corrected chi connectivity index (χ2v) is 7.22. The molecule has 0 unspecified atom stereocenters. The lowest BCUT2D eigenvalue weighted by Crippen LogP contribution is -2.15. The number of para-hydroxylation sites is 1. The first-order valence-corrected chi connectivity index (χ1v) is 9.71. The normalized spacial score (nSPS) is 10.8. The van der Waals surface area contributed by atoms with Crippen LogP contribution in [-0.4, -0.2) is 26.0 Å². The van der Waals surface area contributed by atoms with E-state index in [0.717, 1.165) is 26.5 Å². The second kappa shape index (κ2) is 7.63. The van der Waals surface area contributed by atoms with E-state index in [1.807, 2.05) is 66.7 Å². The third-order valence-electron chi connectivity index (χ3n) is 3.62. The highest BCUT2D eigenvalue weighted by molar-refractivity contribution is 7.99. The molecule has 0 saturated carbocycles. The summed E-state index contributed by atoms with van der Waals surface area (Å²) in [6, 6.07) is 21.6. The second-order valence-electron chi connectivity index (χ2n) is 5.47. The van der Waals surface area contributed by atoms with Crippen molar-refractivity contribution >= 4 is 46.1 Å². The van der Waals surface area contributed by atoms with Gasteiger partial charge in [0.05, 0.1) is 16.3 Å². The van der Waals surface area contributed by atoms with E-state index in [0.29, 0.717) is 5.95 Å². The molecule has 2 heterocycles. The van der Waals surface area contributed by atoms with Gasteiger partial charge in [-0.3, -0.25) is 10.1 Å². The Balaban J connectivity index is 1.37. The summed E-state index contributed by atoms with van der Waals surface area (Å²) < 4.78 is 4.20. The highest BCUT2D eigenvalue weighted by atomic mass is 32.2. The summed E-state index contributed by atoms with van der Waals surface area (Å²) in [5.41, 5.74) is 1.91. The lowest BCUT2D eigenvalue weighted by atomic mass is 10.2. The molecule has 4 aromatic rings. The van der Waals surface area contributed by atoms with Crippen molar-refractivity contribution in [1.29, 1.82) is 0 Å². The van der Waals surface area contributed by atoms with E-state index in [2.05, 4.69) is 19.7 Å². The van der Waals surface area contributed by atoms with Crippen molar-refractivity contribution in [3.05, 3.63) is 66.7 Å². The number of nitrogens with one attached hydrogen (secondary N) is 1. The van der Waals surface area contributed by atoms with E-state index in [9.17, 15) is 4.79 Å². The number of nitrogens with zero attached hydrogens (tertiary/aromatic N) is 3. The molecule has 0 bridgehead atoms. The summed E-state index contributed by atoms with van der Waals surface area (Å²) in [7, 11) is 0. The Morgan fingerprint density at radius 3 is 2.65 bits per heavy atom. The summed E-state index contributed by atoms with van der Waals surface area (Å²) in [6.07, 6.45) is 0. The molecule has 0 aliphatic rings. The van der Waals surface area contributed by atoms with Gasteiger partial charge < -0.3 is 0 Å². The van der Waals surface area contributed by atoms with Gasteiger partial charge in [-0.25, -0.2) is 4.98 Å². The van der Waals surface area contributed by atoms with E-state index < -0.39 is 0 Å². The zero-order chi connectivity index (χ0) is 17.8. The van der Waals surface area contributed by atoms with Gasteiger partial charge in [-0.05, 0) is 23.7 Å². The molecule has 7 heteroatoms. The average Bonchev–Trinajstić information content (AvgIpc) is 3.15. The number of carbonyl (C=O) groups excluding carboxylic acids is 1. The fourth-order valence-corrected chi connectivity index (χ4v) is 3.71. The molecule has 2 aromatic heterocycles. The maximum absolute atomic E-state index is 12.2. The SMILES string of the molecule is O=C(CSc1ccc2ccccc2n1)Nc1nsc(-c2ccccc2)n1. The molecule has 2 aromatic carbocycles. The third kappa shape index (κ3) is 3.89. The lowest BCUT2D eigenvalue weighted by Gasteiger charge is -2.03. The van der Waals surface area contributed by atoms with Crippen LogP contribution in [-0.2, 0) is 4.79 Å². The zero-order valence-electron chi connectivity index (χ0n) is 13.6. The molecule has 26 heavy (non-hydrogen) atoms. The zero-order valence-corrected chi connectivity index (χ0v) is 15.3. The van der Waals surface area contributed by atoms with Crippen LogP contribution in [0.25, 0.3) is 21.5 Å². The lowest BCUT2D eigenvalue weighted by molar-refractivity contribution is -0.113. The van der Waals surface area contributed by atoms with E-state index in [1.165, 1.54) is 23.3 Å². The number of anilines is 1. The molecular formula is C19H14N4OS2. The predicted octanol–water partition coefficient (Wildman–Crippen LogP) is 4.48. The Labute approximate surface area is 158 Å². The van der Waals surface area contributed by atoms with Crippen LogP contribution in [0.3, 0.4) is 0 Å². The molecule has 0 fully saturated rings. The monoisotopic (exact) mass is 378 g/mol. The number of hydrogen-bond donors (Lipinski definition) is 1. The van der Waals surface area contributed by atoms with Gasteiger partial charge in [0.2, 0.25) is 11.9 Å². The average molecular weight is 378 g/mol. The Kier molecular flexibility index (Phi) is 4.90. The summed E-state index contributed by atoms with van der Waals surface area (Å²) in [5.74, 6) is 0.443. The summed E-state index contributed by atoms with van der Waals surface area (Å²) in [6.45, 7) is 0. The first-order chi connectivity index (χ1) is 12.8. The molecular weight excluding hydrogens is 364 g/mol. The van der Waals surface area contributed by atoms with Crippen molar-refractivity contribution in [1.82, 2.24) is 14.3 Å². The first-order valence-electron chi connectivity index (χ1n) is 7.95. The van der Waals surface area contributed by atoms with Crippen LogP contribution in [0.2, 0.25) is 0 Å². The maximum atomic E-state index is 12.2. The molecule has 128 valence electrons. The van der Waals surface area contributed by atoms with Crippen LogP contribution in [0.1, 0.15) is 0 Å². The smallest absolute Gasteiger partial charge is 0.241 e. The van der Waals surface area contributed by atoms with Gasteiger partial charge in [0.1, 0.15) is 5.01 Å². The molecule has 0 atom stereocenters. The van der Waals surface area contributed by atoms with Crippen molar-refractivity contribution < 1.29 is 4.79 Å². The van der Waals surface area contributed by atoms with Crippen LogP contribution >= 0.6 is 23.3 Å². The van der Waals surface area contributed by atoms with Crippen LogP contribution < -0.4 is 5.32 Å². The highest BCUT2D eigenvalue weighted by Gasteiger charge is 2.10. The Morgan fingerprint density at radius 1 is 0.962 bits per heavy atom. The van der Waals surface area contributed by atoms with Crippen molar-refractivity contribution in [3.63, 3.8) is 0 Å². The molecule has 1 amide bonds. The van der Waals surface area contributed by atoms with E-state index >= 15 is 0 Å². The van der Waals surface area contributed by atoms with Crippen LogP contribution in [0.4, 0.5) is 5.95 Å². The number of fused-ring (bicyclic) bond motifs is 1. The number of rotatable bonds is 5. The van der Waals surface area contributed by atoms with Gasteiger partial charge in [-0.1, -0.05) is 66.4 Å². The minimum atomic E-state index is -0.151. The van der Waals surface area contributed by atoms with Crippen molar-refractivity contribution in [2.24, 2.45) is 0 Å². The number of benzene rings is 2. The van der Waals surface area contributed by atoms with Crippen molar-refractivity contribution in [3.8, 4) is 10.6 Å². The molecule has 0 saturated heterocycles. The standard InChI is InChI=1S/C19H14N4OS2/c24-16(12-25-17-11-10-13-6-4-5-9-15(13)20-17)21-19-22-18(26-23-19)14-7-2-1-3-8-14/h1-11H,12H2,(H,21,23,24). The number of pyridine rings is 1. The Morgan fingerprint density at radius 2 is 1.77 bits per heavy atom. The van der Waals surface area contributed by atoms with Gasteiger partial charge in [-0.2, -0.15) is 9.36 Å². The number of hydrogen-bond acceptors (Lipinski definition) is 6. The summed E-state index contributed by atoms with van der Waals surface area (Å²) in [5, 5.41) is 5.42. The molecule has 0 radical (unpaired) electrons.